The van der Waals surface area contributed by atoms with Crippen LogP contribution in [0.5, 0.6) is 0 Å². The van der Waals surface area contributed by atoms with Crippen LogP contribution in [0.15, 0.2) is 12.2 Å². The summed E-state index contributed by atoms with van der Waals surface area (Å²) in [6.45, 7) is 9.26. The average molecular weight is 214 g/mol. The lowest BCUT2D eigenvalue weighted by molar-refractivity contribution is -0.139. The van der Waals surface area contributed by atoms with Crippen molar-refractivity contribution in [3.63, 3.8) is 0 Å². The van der Waals surface area contributed by atoms with Crippen molar-refractivity contribution in [2.75, 3.05) is 0 Å². The Labute approximate surface area is 91.8 Å². The summed E-state index contributed by atoms with van der Waals surface area (Å²) in [6.07, 6.45) is 3.82. The predicted octanol–water partition coefficient (Wildman–Crippen LogP) is 2.45. The summed E-state index contributed by atoms with van der Waals surface area (Å²) >= 11 is 0. The second-order valence-electron chi connectivity index (χ2n) is 5.28. The number of carboxylic acids is 1. The van der Waals surface area contributed by atoms with Crippen molar-refractivity contribution in [2.45, 2.75) is 46.6 Å². The minimum Gasteiger partial charge on any atom is -0.481 e. The molecule has 0 bridgehead atoms. The smallest absolute Gasteiger partial charge is 0.310 e. The molecule has 0 saturated carbocycles. The molecule has 0 saturated heterocycles. The lowest BCUT2D eigenvalue weighted by Crippen LogP contribution is -2.39. The third kappa shape index (κ3) is 4.47. The average Bonchev–Trinajstić information content (AvgIpc) is 2.01. The minimum absolute atomic E-state index is 0.218. The van der Waals surface area contributed by atoms with E-state index in [2.05, 4.69) is 0 Å². The van der Waals surface area contributed by atoms with Gasteiger partial charge in [-0.15, -0.1) is 0 Å². The van der Waals surface area contributed by atoms with E-state index in [-0.39, 0.29) is 5.41 Å². The van der Waals surface area contributed by atoms with Crippen molar-refractivity contribution >= 4 is 5.97 Å². The Hall–Kier alpha value is -0.830. The second-order valence-corrected chi connectivity index (χ2v) is 5.28. The number of hydrogen-bond acceptors (Lipinski definition) is 2. The van der Waals surface area contributed by atoms with Gasteiger partial charge in [-0.05, 0) is 25.7 Å². The molecule has 0 heterocycles. The molecule has 15 heavy (non-hydrogen) atoms. The van der Waals surface area contributed by atoms with Crippen molar-refractivity contribution in [2.24, 2.45) is 11.3 Å². The van der Waals surface area contributed by atoms with Gasteiger partial charge in [-0.1, -0.05) is 32.9 Å². The highest BCUT2D eigenvalue weighted by Gasteiger charge is 2.33. The first-order chi connectivity index (χ1) is 6.58. The molecule has 0 spiro atoms. The van der Waals surface area contributed by atoms with Gasteiger partial charge in [0.2, 0.25) is 0 Å². The van der Waals surface area contributed by atoms with Crippen LogP contribution in [0.4, 0.5) is 0 Å². The minimum atomic E-state index is -0.846. The molecular formula is C12H22O3. The van der Waals surface area contributed by atoms with Crippen LogP contribution in [0.25, 0.3) is 0 Å². The van der Waals surface area contributed by atoms with E-state index < -0.39 is 17.5 Å². The summed E-state index contributed by atoms with van der Waals surface area (Å²) in [6, 6.07) is 0. The van der Waals surface area contributed by atoms with Gasteiger partial charge in [0.05, 0.1) is 11.5 Å². The summed E-state index contributed by atoms with van der Waals surface area (Å²) < 4.78 is 0. The highest BCUT2D eigenvalue weighted by atomic mass is 16.4. The van der Waals surface area contributed by atoms with E-state index in [9.17, 15) is 9.90 Å². The first-order valence-corrected chi connectivity index (χ1v) is 5.20. The van der Waals surface area contributed by atoms with Crippen LogP contribution in [0, 0.1) is 11.3 Å². The highest BCUT2D eigenvalue weighted by Crippen LogP contribution is 2.32. The van der Waals surface area contributed by atoms with E-state index >= 15 is 0 Å². The Kier molecular flexibility index (Phi) is 4.53. The van der Waals surface area contributed by atoms with Gasteiger partial charge >= 0.3 is 5.97 Å². The lowest BCUT2D eigenvalue weighted by atomic mass is 9.76. The normalized spacial score (nSPS) is 18.8. The van der Waals surface area contributed by atoms with Gasteiger partial charge in [-0.3, -0.25) is 4.79 Å². The lowest BCUT2D eigenvalue weighted by Gasteiger charge is -2.36. The van der Waals surface area contributed by atoms with Gasteiger partial charge in [-0.2, -0.15) is 0 Å². The third-order valence-electron chi connectivity index (χ3n) is 2.95. The maximum Gasteiger partial charge on any atom is 0.310 e. The molecular weight excluding hydrogens is 192 g/mol. The quantitative estimate of drug-likeness (QED) is 0.707. The van der Waals surface area contributed by atoms with Crippen LogP contribution >= 0.6 is 0 Å². The zero-order valence-corrected chi connectivity index (χ0v) is 10.2. The monoisotopic (exact) mass is 214 g/mol. The summed E-state index contributed by atoms with van der Waals surface area (Å²) in [5, 5.41) is 18.8. The van der Waals surface area contributed by atoms with Gasteiger partial charge in [0.15, 0.2) is 0 Å². The van der Waals surface area contributed by atoms with Crippen LogP contribution in [0.1, 0.15) is 41.0 Å². The van der Waals surface area contributed by atoms with E-state index in [0.29, 0.717) is 6.42 Å². The van der Waals surface area contributed by atoms with E-state index in [1.165, 1.54) is 0 Å². The number of carbonyl (C=O) groups is 1. The molecule has 0 radical (unpaired) electrons. The molecule has 0 aromatic carbocycles. The number of aliphatic carboxylic acids is 1. The van der Waals surface area contributed by atoms with Crippen LogP contribution in [-0.2, 0) is 4.79 Å². The fourth-order valence-electron chi connectivity index (χ4n) is 0.890. The molecule has 0 aliphatic rings. The van der Waals surface area contributed by atoms with Gasteiger partial charge in [0.1, 0.15) is 0 Å². The standard InChI is InChI=1S/C12H22O3/c1-9(10(13)14)7-6-8-12(5,15)11(2,3)4/h6-7,9,15H,8H2,1-5H3,(H,13,14)/b7-6+/t9-,12-/m1/s1. The number of carboxylic acid groups (broad SMARTS) is 1. The van der Waals surface area contributed by atoms with E-state index in [1.807, 2.05) is 20.8 Å². The molecule has 3 heteroatoms. The summed E-state index contributed by atoms with van der Waals surface area (Å²) in [4.78, 5) is 10.5. The highest BCUT2D eigenvalue weighted by molar-refractivity contribution is 5.71. The number of aliphatic hydroxyl groups is 1. The largest absolute Gasteiger partial charge is 0.481 e. The molecule has 88 valence electrons. The first kappa shape index (κ1) is 14.2. The fourth-order valence-corrected chi connectivity index (χ4v) is 0.890. The predicted molar refractivity (Wildman–Crippen MR) is 60.6 cm³/mol. The Balaban J connectivity index is 4.33. The molecule has 2 atom stereocenters. The van der Waals surface area contributed by atoms with Gasteiger partial charge in [-0.25, -0.2) is 0 Å². The molecule has 0 aromatic rings. The fraction of sp³-hybridized carbons (Fsp3) is 0.750. The molecule has 0 aromatic heterocycles. The first-order valence-electron chi connectivity index (χ1n) is 5.20. The Morgan fingerprint density at radius 1 is 1.33 bits per heavy atom. The summed E-state index contributed by atoms with van der Waals surface area (Å²) in [5.74, 6) is -1.34. The van der Waals surface area contributed by atoms with E-state index in [4.69, 9.17) is 5.11 Å². The van der Waals surface area contributed by atoms with Gasteiger partial charge < -0.3 is 10.2 Å². The topological polar surface area (TPSA) is 57.5 Å². The molecule has 0 aliphatic carbocycles. The maximum absolute atomic E-state index is 10.5. The number of rotatable bonds is 4. The van der Waals surface area contributed by atoms with Crippen LogP contribution in [0.3, 0.4) is 0 Å². The maximum atomic E-state index is 10.5. The van der Waals surface area contributed by atoms with Crippen molar-refractivity contribution < 1.29 is 15.0 Å². The van der Waals surface area contributed by atoms with Gasteiger partial charge in [0.25, 0.3) is 0 Å². The van der Waals surface area contributed by atoms with Crippen LogP contribution in [0.2, 0.25) is 0 Å². The molecule has 0 unspecified atom stereocenters. The third-order valence-corrected chi connectivity index (χ3v) is 2.95. The van der Waals surface area contributed by atoms with Crippen molar-refractivity contribution in [1.82, 2.24) is 0 Å². The Morgan fingerprint density at radius 3 is 2.13 bits per heavy atom. The molecule has 0 fully saturated rings. The molecule has 0 aliphatic heterocycles. The Bertz CT molecular complexity index is 246. The molecule has 3 nitrogen and oxygen atoms in total. The summed E-state index contributed by atoms with van der Waals surface area (Å²) in [7, 11) is 0. The van der Waals surface area contributed by atoms with E-state index in [0.717, 1.165) is 0 Å². The molecule has 0 rings (SSSR count). The SMILES string of the molecule is C[C@H](/C=C/C[C@@](C)(O)C(C)(C)C)C(=O)O. The number of hydrogen-bond donors (Lipinski definition) is 2. The van der Waals surface area contributed by atoms with Crippen LogP contribution < -0.4 is 0 Å². The summed E-state index contributed by atoms with van der Waals surface area (Å²) in [5.41, 5.74) is -1.04. The van der Waals surface area contributed by atoms with Crippen molar-refractivity contribution in [1.29, 1.82) is 0 Å². The van der Waals surface area contributed by atoms with Crippen molar-refractivity contribution in [3.05, 3.63) is 12.2 Å². The van der Waals surface area contributed by atoms with E-state index in [1.54, 1.807) is 26.0 Å². The molecule has 0 amide bonds. The Morgan fingerprint density at radius 2 is 1.80 bits per heavy atom. The van der Waals surface area contributed by atoms with Gasteiger partial charge in [0, 0.05) is 0 Å². The zero-order chi connectivity index (χ0) is 12.3. The molecule has 2 N–H and O–H groups in total. The second kappa shape index (κ2) is 4.79. The zero-order valence-electron chi connectivity index (χ0n) is 10.2. The van der Waals surface area contributed by atoms with Crippen molar-refractivity contribution in [3.8, 4) is 0 Å². The van der Waals surface area contributed by atoms with Crippen LogP contribution in [-0.4, -0.2) is 21.8 Å².